The molecule has 0 fully saturated rings. The Morgan fingerprint density at radius 2 is 1.29 bits per heavy atom. The van der Waals surface area contributed by atoms with Crippen molar-refractivity contribution < 1.29 is 93.1 Å². The van der Waals surface area contributed by atoms with Gasteiger partial charge in [0, 0.05) is 46.7 Å². The van der Waals surface area contributed by atoms with Gasteiger partial charge in [-0.25, -0.2) is 0 Å². The van der Waals surface area contributed by atoms with Crippen molar-refractivity contribution in [1.29, 1.82) is 0 Å². The van der Waals surface area contributed by atoms with Crippen molar-refractivity contribution in [3.05, 3.63) is 76.5 Å². The third-order valence-electron chi connectivity index (χ3n) is 9.00. The number of phosphoric acid groups is 4. The monoisotopic (exact) mass is 1010 g/mol. The first kappa shape index (κ1) is 55.4. The van der Waals surface area contributed by atoms with E-state index in [9.17, 15) is 52.5 Å². The molecule has 4 rings (SSSR count). The van der Waals surface area contributed by atoms with Crippen molar-refractivity contribution >= 4 is 48.2 Å². The van der Waals surface area contributed by atoms with Gasteiger partial charge in [0.2, 0.25) is 0 Å². The lowest BCUT2D eigenvalue weighted by atomic mass is 9.92. The number of hydrogen-bond donors (Lipinski definition) is 2. The second-order valence-electron chi connectivity index (χ2n) is 14.6. The van der Waals surface area contributed by atoms with Crippen LogP contribution >= 0.6 is 31.3 Å². The van der Waals surface area contributed by atoms with Gasteiger partial charge in [-0.15, -0.1) is 0 Å². The van der Waals surface area contributed by atoms with Crippen LogP contribution in [0.25, 0.3) is 33.4 Å². The molecule has 0 spiro atoms. The molecule has 1 heterocycles. The van der Waals surface area contributed by atoms with Crippen molar-refractivity contribution in [3.63, 3.8) is 0 Å². The van der Waals surface area contributed by atoms with Crippen LogP contribution in [-0.4, -0.2) is 83.1 Å². The summed E-state index contributed by atoms with van der Waals surface area (Å²) in [6, 6.07) is 15.7. The average molecular weight is 1010 g/mol. The van der Waals surface area contributed by atoms with Gasteiger partial charge in [-0.1, -0.05) is 18.6 Å². The smallest absolute Gasteiger partial charge is 0.267 e. The minimum Gasteiger partial charge on any atom is -0.756 e. The first-order valence-electron chi connectivity index (χ1n) is 20.8. The van der Waals surface area contributed by atoms with E-state index in [-0.39, 0.29) is 62.9 Å². The predicted octanol–water partition coefficient (Wildman–Crippen LogP) is 5.02. The van der Waals surface area contributed by atoms with Crippen molar-refractivity contribution in [2.24, 2.45) is 5.92 Å². The Hall–Kier alpha value is -3.20. The number of rotatable bonds is 32. The molecule has 5 unspecified atom stereocenters. The number of phosphoric ester groups is 4. The first-order chi connectivity index (χ1) is 31.2. The Labute approximate surface area is 381 Å². The minimum absolute atomic E-state index is 0.00890. The third kappa shape index (κ3) is 19.8. The zero-order valence-electron chi connectivity index (χ0n) is 36.4. The molecule has 368 valence electrons. The van der Waals surface area contributed by atoms with E-state index in [1.54, 1.807) is 50.2 Å². The SMILES string of the molecule is CCOP(=O)([O-])OCCCOP(=O)([O-])OCC(CCCCNC(=O)c1cccc(-c2c3ccc(=O)cc-3oc3cc(O)ccc23)c1)COP(=O)([O-])OCCCOP(=O)([O-])OCCOC(C)C. The summed E-state index contributed by atoms with van der Waals surface area (Å²) in [5.41, 5.74) is 2.29. The number of benzene rings is 3. The summed E-state index contributed by atoms with van der Waals surface area (Å²) in [5.74, 6) is -1.05. The number of aromatic hydroxyl groups is 1. The summed E-state index contributed by atoms with van der Waals surface area (Å²) in [6.07, 6.45) is 0.291. The van der Waals surface area contributed by atoms with Crippen LogP contribution in [0, 0.1) is 5.92 Å². The van der Waals surface area contributed by atoms with Gasteiger partial charge in [0.1, 0.15) is 17.1 Å². The van der Waals surface area contributed by atoms with E-state index < -0.39 is 82.8 Å². The lowest BCUT2D eigenvalue weighted by molar-refractivity contribution is -0.229. The van der Waals surface area contributed by atoms with Crippen LogP contribution in [0.1, 0.15) is 63.2 Å². The number of amides is 1. The average Bonchev–Trinajstić information content (AvgIpc) is 3.24. The van der Waals surface area contributed by atoms with Crippen LogP contribution in [0.2, 0.25) is 0 Å². The number of fused-ring (bicyclic) bond motifs is 2. The number of hydrogen-bond acceptors (Lipinski definition) is 21. The van der Waals surface area contributed by atoms with Crippen LogP contribution in [-0.2, 0) is 59.2 Å². The molecule has 2 aromatic rings. The topological polar surface area (TPSA) is 323 Å². The van der Waals surface area contributed by atoms with Crippen LogP contribution in [0.4, 0.5) is 0 Å². The predicted molar refractivity (Wildman–Crippen MR) is 230 cm³/mol. The first-order valence-corrected chi connectivity index (χ1v) is 26.6. The van der Waals surface area contributed by atoms with Crippen LogP contribution in [0.15, 0.2) is 69.9 Å². The zero-order valence-corrected chi connectivity index (χ0v) is 40.0. The molecule has 26 heteroatoms. The Balaban J connectivity index is 1.31. The second kappa shape index (κ2) is 26.5. The number of phenols is 1. The highest BCUT2D eigenvalue weighted by molar-refractivity contribution is 7.46. The number of nitrogens with one attached hydrogen (secondary N) is 1. The maximum atomic E-state index is 13.3. The molecule has 2 N–H and O–H groups in total. The molecule has 0 saturated heterocycles. The Kier molecular flexibility index (Phi) is 22.3. The number of carbonyl (C=O) groups is 1. The maximum Gasteiger partial charge on any atom is 0.267 e. The molecule has 1 aliphatic carbocycles. The van der Waals surface area contributed by atoms with Crippen LogP contribution < -0.4 is 30.3 Å². The van der Waals surface area contributed by atoms with E-state index in [0.29, 0.717) is 51.8 Å². The Bertz CT molecular complexity index is 2390. The van der Waals surface area contributed by atoms with Gasteiger partial charge in [0.05, 0.1) is 65.6 Å². The molecular formula is C40H53NO21P4-4. The van der Waals surface area contributed by atoms with E-state index in [1.165, 1.54) is 31.2 Å². The summed E-state index contributed by atoms with van der Waals surface area (Å²) >= 11 is 0. The van der Waals surface area contributed by atoms with E-state index >= 15 is 0 Å². The van der Waals surface area contributed by atoms with Crippen molar-refractivity contribution in [1.82, 2.24) is 5.32 Å². The summed E-state index contributed by atoms with van der Waals surface area (Å²) in [6.45, 7) is 1.56. The third-order valence-corrected chi connectivity index (χ3v) is 13.0. The summed E-state index contributed by atoms with van der Waals surface area (Å²) in [7, 11) is -19.2. The van der Waals surface area contributed by atoms with E-state index in [1.807, 2.05) is 0 Å². The van der Waals surface area contributed by atoms with E-state index in [2.05, 4.69) is 23.4 Å². The highest BCUT2D eigenvalue weighted by atomic mass is 31.2. The molecule has 1 amide bonds. The van der Waals surface area contributed by atoms with Gasteiger partial charge >= 0.3 is 0 Å². The molecule has 5 atom stereocenters. The Morgan fingerprint density at radius 3 is 1.89 bits per heavy atom. The molecule has 2 aromatic carbocycles. The summed E-state index contributed by atoms with van der Waals surface area (Å²) in [5, 5.41) is 13.5. The van der Waals surface area contributed by atoms with Crippen LogP contribution in [0.3, 0.4) is 0 Å². The lowest BCUT2D eigenvalue weighted by Crippen LogP contribution is -2.25. The van der Waals surface area contributed by atoms with Gasteiger partial charge in [0.25, 0.3) is 37.2 Å². The molecule has 66 heavy (non-hydrogen) atoms. The fourth-order valence-electron chi connectivity index (χ4n) is 6.02. The highest BCUT2D eigenvalue weighted by Crippen LogP contribution is 2.44. The van der Waals surface area contributed by atoms with Gasteiger partial charge < -0.3 is 75.3 Å². The normalized spacial score (nSPS) is 16.1. The molecule has 0 radical (unpaired) electrons. The summed E-state index contributed by atoms with van der Waals surface area (Å²) < 4.78 is 97.5. The number of phenolic OH excluding ortho intramolecular Hbond substituents is 1. The standard InChI is InChI=1S/C40H57NO21P4/c1-4-54-63(45,46)55-18-8-20-57-65(49,50)60-27-30(28-61-66(51,52)58-21-9-19-56-64(47,48)59-23-22-53-29(2)3)10-5-6-17-41-40(44)32-12-7-11-31(24-32)39-35-15-13-33(42)25-37(35)62-38-26-34(43)14-16-36(38)39/h7,11-16,24-26,29-30,42H,4-6,8-10,17-23,27-28H2,1-3H3,(H,41,44)(H,45,46)(H,47,48)(H,49,50)(H,51,52)/p-4. The fourth-order valence-corrected chi connectivity index (χ4v) is 9.13. The number of carbonyl (C=O) groups excluding carboxylic acids is 1. The Morgan fingerprint density at radius 1 is 0.697 bits per heavy atom. The molecule has 2 aliphatic rings. The minimum atomic E-state index is -5.01. The molecule has 22 nitrogen and oxygen atoms in total. The number of ether oxygens (including phenoxy) is 1. The van der Waals surface area contributed by atoms with Gasteiger partial charge in [-0.2, -0.15) is 0 Å². The van der Waals surface area contributed by atoms with Crippen molar-refractivity contribution in [3.8, 4) is 28.2 Å². The zero-order chi connectivity index (χ0) is 48.4. The largest absolute Gasteiger partial charge is 0.756 e. The van der Waals surface area contributed by atoms with Crippen molar-refractivity contribution in [2.45, 2.75) is 59.0 Å². The second-order valence-corrected chi connectivity index (χ2v) is 20.2. The fraction of sp³-hybridized carbons (Fsp3) is 0.500. The van der Waals surface area contributed by atoms with Gasteiger partial charge in [0.15, 0.2) is 5.43 Å². The van der Waals surface area contributed by atoms with Crippen molar-refractivity contribution in [2.75, 3.05) is 66.0 Å². The molecule has 0 aromatic heterocycles. The lowest BCUT2D eigenvalue weighted by Gasteiger charge is -2.28. The van der Waals surface area contributed by atoms with Crippen LogP contribution in [0.5, 0.6) is 5.75 Å². The van der Waals surface area contributed by atoms with E-state index in [4.69, 9.17) is 27.2 Å². The summed E-state index contributed by atoms with van der Waals surface area (Å²) in [4.78, 5) is 73.9. The molecule has 1 aliphatic heterocycles. The quantitative estimate of drug-likeness (QED) is 0.0368. The number of unbranched alkanes of at least 4 members (excludes halogenated alkanes) is 1. The van der Waals surface area contributed by atoms with Gasteiger partial charge in [-0.3, -0.25) is 27.8 Å². The highest BCUT2D eigenvalue weighted by Gasteiger charge is 2.21. The van der Waals surface area contributed by atoms with Gasteiger partial charge in [-0.05, 0) is 88.4 Å². The molecule has 0 saturated carbocycles. The molecular weight excluding hydrogens is 954 g/mol. The van der Waals surface area contributed by atoms with E-state index in [0.717, 1.165) is 0 Å². The molecule has 0 bridgehead atoms. The maximum absolute atomic E-state index is 13.3.